The smallest absolute Gasteiger partial charge is 0.410 e. The standard InChI is InChI=1S/C31H38N8O3/c32-26(33-31(40)41)28-34-27-25(29(35-28)37-15-5-4-13-21(37)18-10-6-11-18)38-16-20-12-7-14-23-24(20)39(30(38)36-27)22(17-42-23)19-8-2-1-3-9-19/h1-3,8-9,18,20-22,30H,4-7,10-17H2,(H2,32,33)(H,40,41)(H,34,35,36)/t20-,21?,22-,30?/m0/s1. The van der Waals surface area contributed by atoms with Crippen molar-refractivity contribution >= 4 is 29.3 Å². The number of anilines is 3. The summed E-state index contributed by atoms with van der Waals surface area (Å²) in [7, 11) is 0. The molecule has 8 rings (SSSR count). The number of hydrogen-bond donors (Lipinski definition) is 4. The largest absolute Gasteiger partial charge is 0.494 e. The highest BCUT2D eigenvalue weighted by Crippen LogP contribution is 2.53. The highest BCUT2D eigenvalue weighted by Gasteiger charge is 2.51. The van der Waals surface area contributed by atoms with E-state index in [9.17, 15) is 9.90 Å². The lowest BCUT2D eigenvalue weighted by Gasteiger charge is -2.54. The van der Waals surface area contributed by atoms with Crippen LogP contribution in [-0.4, -0.2) is 63.9 Å². The molecule has 0 bridgehead atoms. The van der Waals surface area contributed by atoms with Crippen molar-refractivity contribution < 1.29 is 14.6 Å². The third-order valence-corrected chi connectivity index (χ3v) is 10.2. The molecule has 11 nitrogen and oxygen atoms in total. The minimum atomic E-state index is -1.29. The van der Waals surface area contributed by atoms with Gasteiger partial charge in [-0.25, -0.2) is 14.8 Å². The Bertz CT molecular complexity index is 1440. The average Bonchev–Trinajstić information content (AvgIpc) is 3.35. The van der Waals surface area contributed by atoms with Gasteiger partial charge in [0.25, 0.3) is 0 Å². The number of amides is 1. The topological polar surface area (TPSA) is 130 Å². The maximum absolute atomic E-state index is 11.5. The first-order valence-corrected chi connectivity index (χ1v) is 15.6. The van der Waals surface area contributed by atoms with Crippen LogP contribution >= 0.6 is 0 Å². The molecular formula is C31H38N8O3. The molecule has 1 amide bonds. The maximum Gasteiger partial charge on any atom is 0.410 e. The number of carbonyl (C=O) groups is 1. The van der Waals surface area contributed by atoms with Gasteiger partial charge in [0, 0.05) is 31.5 Å². The van der Waals surface area contributed by atoms with Crippen LogP contribution in [0.25, 0.3) is 0 Å². The van der Waals surface area contributed by atoms with E-state index in [-0.39, 0.29) is 24.0 Å². The zero-order valence-corrected chi connectivity index (χ0v) is 23.8. The average molecular weight is 571 g/mol. The van der Waals surface area contributed by atoms with Crippen LogP contribution in [0.2, 0.25) is 0 Å². The molecule has 2 saturated heterocycles. The van der Waals surface area contributed by atoms with E-state index in [1.807, 2.05) is 6.07 Å². The third-order valence-electron chi connectivity index (χ3n) is 10.2. The number of amidine groups is 1. The molecule has 11 heteroatoms. The molecule has 2 aliphatic carbocycles. The molecule has 2 aromatic rings. The molecule has 3 fully saturated rings. The Morgan fingerprint density at radius 3 is 2.69 bits per heavy atom. The Morgan fingerprint density at radius 1 is 1.05 bits per heavy atom. The van der Waals surface area contributed by atoms with Gasteiger partial charge >= 0.3 is 6.09 Å². The van der Waals surface area contributed by atoms with E-state index in [0.29, 0.717) is 30.3 Å². The summed E-state index contributed by atoms with van der Waals surface area (Å²) in [6, 6.07) is 11.0. The number of rotatable bonds is 4. The van der Waals surface area contributed by atoms with E-state index in [4.69, 9.17) is 20.1 Å². The zero-order valence-electron chi connectivity index (χ0n) is 23.8. The molecule has 4 aliphatic heterocycles. The molecular weight excluding hydrogens is 532 g/mol. The Balaban J connectivity index is 1.26. The van der Waals surface area contributed by atoms with Crippen molar-refractivity contribution in [2.45, 2.75) is 76.2 Å². The molecule has 1 saturated carbocycles. The third kappa shape index (κ3) is 4.07. The Kier molecular flexibility index (Phi) is 6.15. The van der Waals surface area contributed by atoms with Crippen LogP contribution in [0.3, 0.4) is 0 Å². The number of allylic oxidation sites excluding steroid dienone is 1. The van der Waals surface area contributed by atoms with Crippen LogP contribution < -0.4 is 20.4 Å². The molecule has 220 valence electrons. The van der Waals surface area contributed by atoms with Gasteiger partial charge in [0.1, 0.15) is 18.1 Å². The molecule has 4 atom stereocenters. The first kappa shape index (κ1) is 25.7. The predicted molar refractivity (Wildman–Crippen MR) is 158 cm³/mol. The first-order valence-electron chi connectivity index (χ1n) is 15.6. The number of carboxylic acid groups (broad SMARTS) is 1. The lowest BCUT2D eigenvalue weighted by Crippen LogP contribution is -2.60. The quantitative estimate of drug-likeness (QED) is 0.301. The Hall–Kier alpha value is -4.02. The number of ether oxygens (including phenoxy) is 1. The fraction of sp³-hybridized carbons (Fsp3) is 0.548. The van der Waals surface area contributed by atoms with Gasteiger partial charge in [0.05, 0.1) is 11.7 Å². The van der Waals surface area contributed by atoms with Crippen LogP contribution in [-0.2, 0) is 4.74 Å². The van der Waals surface area contributed by atoms with Crippen molar-refractivity contribution in [1.29, 1.82) is 5.41 Å². The molecule has 0 spiro atoms. The second kappa shape index (κ2) is 10.1. The van der Waals surface area contributed by atoms with Crippen molar-refractivity contribution in [3.63, 3.8) is 0 Å². The number of hydrogen-bond acceptors (Lipinski definition) is 9. The van der Waals surface area contributed by atoms with E-state index in [2.05, 4.69) is 49.6 Å². The molecule has 4 N–H and O–H groups in total. The summed E-state index contributed by atoms with van der Waals surface area (Å²) in [5.74, 6) is 3.43. The van der Waals surface area contributed by atoms with Gasteiger partial charge in [-0.2, -0.15) is 0 Å². The summed E-state index contributed by atoms with van der Waals surface area (Å²) in [5.41, 5.74) is 3.51. The van der Waals surface area contributed by atoms with E-state index in [1.165, 1.54) is 36.9 Å². The Labute approximate surface area is 245 Å². The highest BCUT2D eigenvalue weighted by atomic mass is 16.5. The SMILES string of the molecule is N=C(NC(=O)O)c1nc2c(c(N3CCCCC3C3CCC3)n1)N1C[C@@H]3CCCC4=C3N(C1N2)[C@H](c1ccccc1)CO4. The zero-order chi connectivity index (χ0) is 28.4. The van der Waals surface area contributed by atoms with Crippen LogP contribution in [0.4, 0.5) is 22.1 Å². The summed E-state index contributed by atoms with van der Waals surface area (Å²) < 4.78 is 6.44. The molecule has 6 aliphatic rings. The van der Waals surface area contributed by atoms with Crippen LogP contribution in [0, 0.1) is 17.2 Å². The van der Waals surface area contributed by atoms with Crippen molar-refractivity contribution in [3.8, 4) is 0 Å². The van der Waals surface area contributed by atoms with Crippen LogP contribution in [0.5, 0.6) is 0 Å². The van der Waals surface area contributed by atoms with Crippen LogP contribution in [0.15, 0.2) is 41.8 Å². The molecule has 0 radical (unpaired) electrons. The van der Waals surface area contributed by atoms with Gasteiger partial charge < -0.3 is 29.9 Å². The number of fused-ring (bicyclic) bond motifs is 4. The summed E-state index contributed by atoms with van der Waals surface area (Å²) >= 11 is 0. The second-order valence-electron chi connectivity index (χ2n) is 12.5. The van der Waals surface area contributed by atoms with E-state index in [1.54, 1.807) is 0 Å². The number of nitrogens with zero attached hydrogens (tertiary/aromatic N) is 5. The molecule has 1 aromatic carbocycles. The Morgan fingerprint density at radius 2 is 1.90 bits per heavy atom. The van der Waals surface area contributed by atoms with Crippen LogP contribution in [0.1, 0.15) is 75.2 Å². The lowest BCUT2D eigenvalue weighted by atomic mass is 9.76. The first-order chi connectivity index (χ1) is 20.6. The normalized spacial score (nSPS) is 28.1. The van der Waals surface area contributed by atoms with Gasteiger partial charge in [-0.05, 0) is 56.4 Å². The van der Waals surface area contributed by atoms with Crippen molar-refractivity contribution in [1.82, 2.24) is 20.2 Å². The van der Waals surface area contributed by atoms with Gasteiger partial charge in [-0.1, -0.05) is 36.8 Å². The number of benzene rings is 1. The molecule has 2 unspecified atom stereocenters. The number of piperidine rings is 1. The van der Waals surface area contributed by atoms with Gasteiger partial charge in [0.2, 0.25) is 0 Å². The summed E-state index contributed by atoms with van der Waals surface area (Å²) in [6.07, 6.45) is 8.93. The van der Waals surface area contributed by atoms with E-state index in [0.717, 1.165) is 62.5 Å². The molecule has 1 aromatic heterocycles. The predicted octanol–water partition coefficient (Wildman–Crippen LogP) is 4.84. The maximum atomic E-state index is 11.5. The lowest BCUT2D eigenvalue weighted by molar-refractivity contribution is 0.0167. The minimum Gasteiger partial charge on any atom is -0.494 e. The monoisotopic (exact) mass is 570 g/mol. The number of nitrogens with one attached hydrogen (secondary N) is 3. The second-order valence-corrected chi connectivity index (χ2v) is 12.5. The van der Waals surface area contributed by atoms with Gasteiger partial charge in [0.15, 0.2) is 29.6 Å². The van der Waals surface area contributed by atoms with Crippen molar-refractivity contribution in [2.24, 2.45) is 11.8 Å². The van der Waals surface area contributed by atoms with E-state index >= 15 is 0 Å². The molecule has 5 heterocycles. The van der Waals surface area contributed by atoms with E-state index < -0.39 is 6.09 Å². The molecule has 42 heavy (non-hydrogen) atoms. The highest BCUT2D eigenvalue weighted by molar-refractivity contribution is 6.03. The van der Waals surface area contributed by atoms with Gasteiger partial charge in [-0.15, -0.1) is 0 Å². The fourth-order valence-electron chi connectivity index (χ4n) is 8.13. The summed E-state index contributed by atoms with van der Waals surface area (Å²) in [4.78, 5) is 28.7. The van der Waals surface area contributed by atoms with Crippen molar-refractivity contribution in [2.75, 3.05) is 34.8 Å². The number of aromatic nitrogens is 2. The summed E-state index contributed by atoms with van der Waals surface area (Å²) in [6.45, 7) is 2.34. The van der Waals surface area contributed by atoms with Crippen molar-refractivity contribution in [3.05, 3.63) is 53.2 Å². The fourth-order valence-corrected chi connectivity index (χ4v) is 8.13. The minimum absolute atomic E-state index is 0.0423. The summed E-state index contributed by atoms with van der Waals surface area (Å²) in [5, 5.41) is 23.8. The van der Waals surface area contributed by atoms with Gasteiger partial charge in [-0.3, -0.25) is 10.7 Å².